The van der Waals surface area contributed by atoms with Gasteiger partial charge in [-0.1, -0.05) is 11.6 Å². The van der Waals surface area contributed by atoms with Crippen LogP contribution in [0.1, 0.15) is 17.0 Å². The number of ether oxygens (including phenoxy) is 1. The third-order valence-corrected chi connectivity index (χ3v) is 4.41. The number of methoxy groups -OCH3 is 1. The first-order valence-electron chi connectivity index (χ1n) is 7.78. The topological polar surface area (TPSA) is 61.0 Å². The largest absolute Gasteiger partial charge is 0.497 e. The van der Waals surface area contributed by atoms with E-state index in [9.17, 15) is 8.78 Å². The molecule has 7 heteroatoms. The highest BCUT2D eigenvalue weighted by Crippen LogP contribution is 2.35. The number of benzene rings is 2. The van der Waals surface area contributed by atoms with Crippen molar-refractivity contribution in [3.8, 4) is 16.9 Å². The highest BCUT2D eigenvalue weighted by atomic mass is 35.5. The second-order valence-electron chi connectivity index (χ2n) is 5.76. The Bertz CT molecular complexity index is 956. The van der Waals surface area contributed by atoms with Crippen molar-refractivity contribution in [2.75, 3.05) is 12.8 Å². The minimum atomic E-state index is -0.721. The van der Waals surface area contributed by atoms with Gasteiger partial charge in [0.15, 0.2) is 0 Å². The number of aryl methyl sites for hydroxylation is 1. The number of hydrogen-bond donors (Lipinski definition) is 1. The van der Waals surface area contributed by atoms with E-state index in [1.54, 1.807) is 25.3 Å². The third-order valence-electron chi connectivity index (χ3n) is 4.10. The fourth-order valence-electron chi connectivity index (χ4n) is 2.81. The smallest absolute Gasteiger partial charge is 0.131 e. The molecule has 1 aromatic heterocycles. The Labute approximate surface area is 154 Å². The summed E-state index contributed by atoms with van der Waals surface area (Å²) < 4.78 is 32.7. The molecule has 2 N–H and O–H groups in total. The molecular formula is C19H16ClF2N3O. The summed E-state index contributed by atoms with van der Waals surface area (Å²) in [5.74, 6) is -0.824. The van der Waals surface area contributed by atoms with E-state index >= 15 is 0 Å². The second kappa shape index (κ2) is 7.25. The Balaban J connectivity index is 2.13. The Hall–Kier alpha value is -2.73. The number of rotatable bonds is 4. The average Bonchev–Trinajstić information content (AvgIpc) is 2.58. The molecule has 0 atom stereocenters. The van der Waals surface area contributed by atoms with Gasteiger partial charge in [-0.2, -0.15) is 0 Å². The summed E-state index contributed by atoms with van der Waals surface area (Å²) in [6.07, 6.45) is 1.47. The van der Waals surface area contributed by atoms with E-state index in [1.807, 2.05) is 6.92 Å². The molecule has 134 valence electrons. The lowest BCUT2D eigenvalue weighted by Crippen LogP contribution is -2.05. The third kappa shape index (κ3) is 3.46. The Morgan fingerprint density at radius 3 is 2.58 bits per heavy atom. The first-order valence-corrected chi connectivity index (χ1v) is 8.16. The summed E-state index contributed by atoms with van der Waals surface area (Å²) in [5.41, 5.74) is 8.61. The predicted octanol–water partition coefficient (Wildman–Crippen LogP) is 4.57. The van der Waals surface area contributed by atoms with Crippen LogP contribution in [0.15, 0.2) is 36.7 Å². The van der Waals surface area contributed by atoms with Gasteiger partial charge in [-0.3, -0.25) is 0 Å². The van der Waals surface area contributed by atoms with Crippen LogP contribution in [0.2, 0.25) is 5.02 Å². The maximum atomic E-state index is 14.2. The SMILES string of the molecule is COc1ccc(-c2c(C)ncnc2Cc2c(N)cc(F)cc2F)c(Cl)c1. The zero-order chi connectivity index (χ0) is 18.8. The van der Waals surface area contributed by atoms with Crippen LogP contribution < -0.4 is 10.5 Å². The van der Waals surface area contributed by atoms with Gasteiger partial charge in [-0.15, -0.1) is 0 Å². The zero-order valence-electron chi connectivity index (χ0n) is 14.2. The molecule has 3 aromatic rings. The van der Waals surface area contributed by atoms with Gasteiger partial charge in [-0.25, -0.2) is 18.7 Å². The molecule has 0 unspecified atom stereocenters. The van der Waals surface area contributed by atoms with Gasteiger partial charge in [0.05, 0.1) is 17.8 Å². The van der Waals surface area contributed by atoms with Crippen LogP contribution in [0.3, 0.4) is 0 Å². The summed E-state index contributed by atoms with van der Waals surface area (Å²) in [6, 6.07) is 7.14. The van der Waals surface area contributed by atoms with Crippen molar-refractivity contribution in [3.05, 3.63) is 70.3 Å². The highest BCUT2D eigenvalue weighted by Gasteiger charge is 2.18. The summed E-state index contributed by atoms with van der Waals surface area (Å²) in [5, 5.41) is 0.455. The van der Waals surface area contributed by atoms with Gasteiger partial charge in [-0.05, 0) is 31.2 Å². The van der Waals surface area contributed by atoms with E-state index in [2.05, 4.69) is 9.97 Å². The lowest BCUT2D eigenvalue weighted by molar-refractivity contribution is 0.415. The first kappa shape index (κ1) is 18.1. The minimum absolute atomic E-state index is 0.0329. The van der Waals surface area contributed by atoms with Crippen molar-refractivity contribution in [3.63, 3.8) is 0 Å². The average molecular weight is 376 g/mol. The van der Waals surface area contributed by atoms with Crippen LogP contribution in [0.5, 0.6) is 5.75 Å². The Kier molecular flexibility index (Phi) is 5.04. The zero-order valence-corrected chi connectivity index (χ0v) is 14.9. The van der Waals surface area contributed by atoms with E-state index < -0.39 is 11.6 Å². The molecule has 2 aromatic carbocycles. The van der Waals surface area contributed by atoms with Gasteiger partial charge < -0.3 is 10.5 Å². The fourth-order valence-corrected chi connectivity index (χ4v) is 3.08. The fraction of sp³-hybridized carbons (Fsp3) is 0.158. The van der Waals surface area contributed by atoms with Crippen LogP contribution >= 0.6 is 11.6 Å². The van der Waals surface area contributed by atoms with Gasteiger partial charge in [0.2, 0.25) is 0 Å². The van der Waals surface area contributed by atoms with Crippen molar-refractivity contribution in [2.24, 2.45) is 0 Å². The van der Waals surface area contributed by atoms with Gasteiger partial charge >= 0.3 is 0 Å². The molecule has 0 saturated carbocycles. The molecular weight excluding hydrogens is 360 g/mol. The van der Waals surface area contributed by atoms with Crippen molar-refractivity contribution < 1.29 is 13.5 Å². The van der Waals surface area contributed by atoms with Crippen LogP contribution in [0, 0.1) is 18.6 Å². The Morgan fingerprint density at radius 1 is 1.15 bits per heavy atom. The molecule has 26 heavy (non-hydrogen) atoms. The molecule has 0 aliphatic heterocycles. The second-order valence-corrected chi connectivity index (χ2v) is 6.17. The number of nitrogen functional groups attached to an aromatic ring is 1. The Morgan fingerprint density at radius 2 is 1.92 bits per heavy atom. The van der Waals surface area contributed by atoms with Crippen LogP contribution in [-0.2, 0) is 6.42 Å². The number of halogens is 3. The van der Waals surface area contributed by atoms with E-state index in [1.165, 1.54) is 6.33 Å². The van der Waals surface area contributed by atoms with Gasteiger partial charge in [0, 0.05) is 40.6 Å². The lowest BCUT2D eigenvalue weighted by Gasteiger charge is -2.15. The molecule has 0 saturated heterocycles. The molecule has 1 heterocycles. The highest BCUT2D eigenvalue weighted by molar-refractivity contribution is 6.33. The normalized spacial score (nSPS) is 10.8. The number of nitrogens with two attached hydrogens (primary N) is 1. The molecule has 0 aliphatic rings. The van der Waals surface area contributed by atoms with Crippen LogP contribution in [-0.4, -0.2) is 17.1 Å². The maximum Gasteiger partial charge on any atom is 0.131 e. The van der Waals surface area contributed by atoms with Gasteiger partial charge in [0.25, 0.3) is 0 Å². The maximum absolute atomic E-state index is 14.2. The van der Waals surface area contributed by atoms with Gasteiger partial charge in [0.1, 0.15) is 23.7 Å². The number of hydrogen-bond acceptors (Lipinski definition) is 4. The van der Waals surface area contributed by atoms with Crippen molar-refractivity contribution in [1.82, 2.24) is 9.97 Å². The number of aromatic nitrogens is 2. The molecule has 3 rings (SSSR count). The van der Waals surface area contributed by atoms with Crippen molar-refractivity contribution in [2.45, 2.75) is 13.3 Å². The first-order chi connectivity index (χ1) is 12.4. The quantitative estimate of drug-likeness (QED) is 0.679. The predicted molar refractivity (Wildman–Crippen MR) is 97.3 cm³/mol. The molecule has 0 fully saturated rings. The lowest BCUT2D eigenvalue weighted by atomic mass is 9.97. The summed E-state index contributed by atoms with van der Waals surface area (Å²) in [7, 11) is 1.55. The summed E-state index contributed by atoms with van der Waals surface area (Å²) in [6.45, 7) is 1.81. The van der Waals surface area contributed by atoms with Crippen LogP contribution in [0.25, 0.3) is 11.1 Å². The summed E-state index contributed by atoms with van der Waals surface area (Å²) in [4.78, 5) is 8.50. The van der Waals surface area contributed by atoms with Crippen molar-refractivity contribution in [1.29, 1.82) is 0 Å². The van der Waals surface area contributed by atoms with Crippen LogP contribution in [0.4, 0.5) is 14.5 Å². The molecule has 0 bridgehead atoms. The van der Waals surface area contributed by atoms with E-state index in [0.29, 0.717) is 33.3 Å². The number of nitrogens with zero attached hydrogens (tertiary/aromatic N) is 2. The van der Waals surface area contributed by atoms with E-state index in [0.717, 1.165) is 12.1 Å². The van der Waals surface area contributed by atoms with E-state index in [-0.39, 0.29) is 17.7 Å². The van der Waals surface area contributed by atoms with Crippen molar-refractivity contribution >= 4 is 17.3 Å². The monoisotopic (exact) mass is 375 g/mol. The molecule has 0 amide bonds. The van der Waals surface area contributed by atoms with E-state index in [4.69, 9.17) is 22.1 Å². The molecule has 0 spiro atoms. The minimum Gasteiger partial charge on any atom is -0.497 e. The molecule has 0 aliphatic carbocycles. The summed E-state index contributed by atoms with van der Waals surface area (Å²) >= 11 is 6.39. The molecule has 4 nitrogen and oxygen atoms in total. The molecule has 0 radical (unpaired) electrons. The standard InChI is InChI=1S/C19H16ClF2N3O/c1-10-19(13-4-3-12(26-2)7-15(13)20)18(25-9-24-10)8-14-16(22)5-11(21)6-17(14)23/h3-7,9H,8,23H2,1-2H3. The number of anilines is 1.